The van der Waals surface area contributed by atoms with Gasteiger partial charge in [0.1, 0.15) is 0 Å². The quantitative estimate of drug-likeness (QED) is 0.379. The van der Waals surface area contributed by atoms with Gasteiger partial charge in [-0.15, -0.1) is 0 Å². The molecule has 0 saturated carbocycles. The first-order chi connectivity index (χ1) is 9.86. The largest absolute Gasteiger partial charge is 0.0874 e. The van der Waals surface area contributed by atoms with Crippen LogP contribution in [0.25, 0.3) is 0 Å². The Kier molecular flexibility index (Phi) is 6.95. The molecule has 116 valence electrons. The Balaban J connectivity index is 2.71. The van der Waals surface area contributed by atoms with Crippen LogP contribution in [0.3, 0.4) is 0 Å². The van der Waals surface area contributed by atoms with Crippen LogP contribution in [0.5, 0.6) is 0 Å². The summed E-state index contributed by atoms with van der Waals surface area (Å²) in [5.41, 5.74) is 6.28. The summed E-state index contributed by atoms with van der Waals surface area (Å²) in [5.74, 6) is 0. The summed E-state index contributed by atoms with van der Waals surface area (Å²) in [6, 6.07) is 0. The van der Waals surface area contributed by atoms with E-state index in [1.165, 1.54) is 30.4 Å². The van der Waals surface area contributed by atoms with E-state index in [9.17, 15) is 0 Å². The minimum atomic E-state index is 0.380. The molecule has 0 aromatic rings. The van der Waals surface area contributed by atoms with Crippen LogP contribution in [0.4, 0.5) is 0 Å². The third kappa shape index (κ3) is 5.91. The predicted octanol–water partition coefficient (Wildman–Crippen LogP) is 6.93. The first-order valence-electron chi connectivity index (χ1n) is 8.20. The minimum Gasteiger partial charge on any atom is -0.0874 e. The van der Waals surface area contributed by atoms with Crippen LogP contribution in [0.1, 0.15) is 67.2 Å². The maximum Gasteiger partial charge on any atom is -0.0125 e. The van der Waals surface area contributed by atoms with Crippen molar-refractivity contribution in [1.82, 2.24) is 0 Å². The van der Waals surface area contributed by atoms with Crippen molar-refractivity contribution < 1.29 is 0 Å². The van der Waals surface area contributed by atoms with Gasteiger partial charge in [0.25, 0.3) is 0 Å². The molecule has 1 rings (SSSR count). The van der Waals surface area contributed by atoms with E-state index in [-0.39, 0.29) is 0 Å². The summed E-state index contributed by atoms with van der Waals surface area (Å²) in [4.78, 5) is 0. The second-order valence-corrected chi connectivity index (χ2v) is 6.92. The average Bonchev–Trinajstić information content (AvgIpc) is 2.37. The molecule has 0 aliphatic heterocycles. The highest BCUT2D eigenvalue weighted by molar-refractivity contribution is 5.30. The summed E-state index contributed by atoms with van der Waals surface area (Å²) in [7, 11) is 0. The van der Waals surface area contributed by atoms with Gasteiger partial charge in [-0.1, -0.05) is 72.6 Å². The van der Waals surface area contributed by atoms with E-state index in [4.69, 9.17) is 0 Å². The Morgan fingerprint density at radius 1 is 1.14 bits per heavy atom. The number of hydrogen-bond donors (Lipinski definition) is 0. The van der Waals surface area contributed by atoms with Crippen molar-refractivity contribution in [3.63, 3.8) is 0 Å². The maximum absolute atomic E-state index is 2.40. The Hall–Kier alpha value is -1.30. The standard InChI is InChI=1S/C21H32/c1-7-10-17(2)11-8-12-18(3)14-15-20-19(4)13-9-16-21(20,5)6/h7-8,10-12,14H,9,13,15-16H2,1-6H3/b10-7+,12-8+,17-11+,18-14+. The van der Waals surface area contributed by atoms with Crippen LogP contribution in [0.15, 0.2) is 58.7 Å². The molecule has 1 aliphatic rings. The molecule has 0 radical (unpaired) electrons. The van der Waals surface area contributed by atoms with Crippen LogP contribution in [-0.4, -0.2) is 0 Å². The zero-order valence-electron chi connectivity index (χ0n) is 14.8. The lowest BCUT2D eigenvalue weighted by atomic mass is 9.71. The second-order valence-electron chi connectivity index (χ2n) is 6.92. The van der Waals surface area contributed by atoms with E-state index in [2.05, 4.69) is 71.1 Å². The topological polar surface area (TPSA) is 0 Å². The second kappa shape index (κ2) is 8.22. The van der Waals surface area contributed by atoms with Crippen molar-refractivity contribution >= 4 is 0 Å². The molecular formula is C21H32. The smallest absolute Gasteiger partial charge is 0.0125 e. The van der Waals surface area contributed by atoms with Crippen LogP contribution in [0.2, 0.25) is 0 Å². The normalized spacial score (nSPS) is 20.9. The summed E-state index contributed by atoms with van der Waals surface area (Å²) in [6.07, 6.45) is 18.2. The Bertz CT molecular complexity index is 490. The zero-order valence-corrected chi connectivity index (χ0v) is 14.8. The molecular weight excluding hydrogens is 252 g/mol. The van der Waals surface area contributed by atoms with Crippen molar-refractivity contribution in [2.24, 2.45) is 5.41 Å². The Morgan fingerprint density at radius 2 is 1.86 bits per heavy atom. The van der Waals surface area contributed by atoms with Crippen LogP contribution in [-0.2, 0) is 0 Å². The van der Waals surface area contributed by atoms with E-state index in [1.54, 1.807) is 11.1 Å². The van der Waals surface area contributed by atoms with Crippen molar-refractivity contribution in [3.05, 3.63) is 58.7 Å². The van der Waals surface area contributed by atoms with E-state index in [0.29, 0.717) is 5.41 Å². The lowest BCUT2D eigenvalue weighted by Gasteiger charge is -2.34. The molecule has 0 heterocycles. The molecule has 0 aromatic heterocycles. The van der Waals surface area contributed by atoms with Gasteiger partial charge in [0.05, 0.1) is 0 Å². The van der Waals surface area contributed by atoms with Crippen LogP contribution < -0.4 is 0 Å². The van der Waals surface area contributed by atoms with E-state index in [1.807, 2.05) is 6.92 Å². The molecule has 0 bridgehead atoms. The molecule has 1 aliphatic carbocycles. The molecule has 0 amide bonds. The third-order valence-corrected chi connectivity index (χ3v) is 4.46. The summed E-state index contributed by atoms with van der Waals surface area (Å²) >= 11 is 0. The van der Waals surface area contributed by atoms with Gasteiger partial charge in [-0.25, -0.2) is 0 Å². The molecule has 0 spiro atoms. The third-order valence-electron chi connectivity index (χ3n) is 4.46. The molecule has 0 nitrogen and oxygen atoms in total. The lowest BCUT2D eigenvalue weighted by molar-refractivity contribution is 0.360. The zero-order chi connectivity index (χ0) is 15.9. The Morgan fingerprint density at radius 3 is 2.48 bits per heavy atom. The van der Waals surface area contributed by atoms with Gasteiger partial charge in [0.15, 0.2) is 0 Å². The van der Waals surface area contributed by atoms with Gasteiger partial charge in [-0.2, -0.15) is 0 Å². The highest BCUT2D eigenvalue weighted by Crippen LogP contribution is 2.41. The molecule has 0 N–H and O–H groups in total. The van der Waals surface area contributed by atoms with Crippen molar-refractivity contribution in [3.8, 4) is 0 Å². The monoisotopic (exact) mass is 284 g/mol. The maximum atomic E-state index is 2.40. The predicted molar refractivity (Wildman–Crippen MR) is 96.4 cm³/mol. The first kappa shape index (κ1) is 17.8. The first-order valence-corrected chi connectivity index (χ1v) is 8.20. The highest BCUT2D eigenvalue weighted by Gasteiger charge is 2.27. The van der Waals surface area contributed by atoms with Crippen molar-refractivity contribution in [1.29, 1.82) is 0 Å². The number of rotatable bonds is 5. The van der Waals surface area contributed by atoms with Crippen molar-refractivity contribution in [2.75, 3.05) is 0 Å². The highest BCUT2D eigenvalue weighted by atomic mass is 14.3. The van der Waals surface area contributed by atoms with E-state index < -0.39 is 0 Å². The molecule has 0 unspecified atom stereocenters. The van der Waals surface area contributed by atoms with Gasteiger partial charge in [-0.05, 0) is 58.8 Å². The van der Waals surface area contributed by atoms with Gasteiger partial charge in [-0.3, -0.25) is 0 Å². The molecule has 21 heavy (non-hydrogen) atoms. The average molecular weight is 284 g/mol. The SMILES string of the molecule is C/C=C/C(C)=C/C=C/C(C)=C/CC1=C(C)CCCC1(C)C. The fraction of sp³-hybridized carbons (Fsp3) is 0.524. The van der Waals surface area contributed by atoms with E-state index in [0.717, 1.165) is 6.42 Å². The molecule has 0 fully saturated rings. The summed E-state index contributed by atoms with van der Waals surface area (Å²) < 4.78 is 0. The van der Waals surface area contributed by atoms with Crippen LogP contribution >= 0.6 is 0 Å². The summed E-state index contributed by atoms with van der Waals surface area (Å²) in [5, 5.41) is 0. The van der Waals surface area contributed by atoms with E-state index >= 15 is 0 Å². The fourth-order valence-corrected chi connectivity index (χ4v) is 3.13. The molecule has 0 atom stereocenters. The molecule has 0 saturated heterocycles. The van der Waals surface area contributed by atoms with Gasteiger partial charge < -0.3 is 0 Å². The van der Waals surface area contributed by atoms with Crippen molar-refractivity contribution in [2.45, 2.75) is 67.2 Å². The van der Waals surface area contributed by atoms with Gasteiger partial charge in [0, 0.05) is 0 Å². The molecule has 0 aromatic carbocycles. The minimum absolute atomic E-state index is 0.380. The number of hydrogen-bond acceptors (Lipinski definition) is 0. The van der Waals surface area contributed by atoms with Gasteiger partial charge in [0.2, 0.25) is 0 Å². The number of allylic oxidation sites excluding steroid dienone is 10. The van der Waals surface area contributed by atoms with Crippen LogP contribution in [0, 0.1) is 5.41 Å². The summed E-state index contributed by atoms with van der Waals surface area (Å²) in [6.45, 7) is 13.5. The molecule has 0 heteroatoms. The lowest BCUT2D eigenvalue weighted by Crippen LogP contribution is -2.20. The Labute approximate surface area is 132 Å². The fourth-order valence-electron chi connectivity index (χ4n) is 3.13. The van der Waals surface area contributed by atoms with Gasteiger partial charge >= 0.3 is 0 Å².